The number of nitrogens with zero attached hydrogens (tertiary/aromatic N) is 1. The molecule has 0 aliphatic rings. The molecule has 1 N–H and O–H groups in total. The fourth-order valence-electron chi connectivity index (χ4n) is 2.74. The Kier molecular flexibility index (Phi) is 5.91. The van der Waals surface area contributed by atoms with E-state index in [0.717, 1.165) is 24.2 Å². The number of nitrogens with one attached hydrogen (secondary N) is 1. The second-order valence-electron chi connectivity index (χ2n) is 6.13. The second-order valence-corrected chi connectivity index (χ2v) is 6.13. The van der Waals surface area contributed by atoms with Crippen LogP contribution < -0.4 is 5.32 Å². The number of aromatic nitrogens is 1. The van der Waals surface area contributed by atoms with Crippen LogP contribution in [0.5, 0.6) is 0 Å². The molecule has 2 rings (SSSR count). The van der Waals surface area contributed by atoms with Crippen molar-refractivity contribution >= 4 is 11.6 Å². The fourth-order valence-corrected chi connectivity index (χ4v) is 2.74. The van der Waals surface area contributed by atoms with Crippen molar-refractivity contribution in [1.82, 2.24) is 4.98 Å². The van der Waals surface area contributed by atoms with Gasteiger partial charge in [-0.1, -0.05) is 45.9 Å². The molecule has 122 valence electrons. The minimum Gasteiger partial charge on any atom is -0.325 e. The molecular weight excluding hydrogens is 284 g/mol. The summed E-state index contributed by atoms with van der Waals surface area (Å²) in [5, 5.41) is 3.13. The molecule has 2 aromatic rings. The van der Waals surface area contributed by atoms with Gasteiger partial charge in [0.2, 0.25) is 5.91 Å². The number of anilines is 1. The number of amides is 1. The summed E-state index contributed by atoms with van der Waals surface area (Å²) in [5.41, 5.74) is 5.53. The number of rotatable bonds is 6. The number of hydrogen-bond acceptors (Lipinski definition) is 2. The van der Waals surface area contributed by atoms with E-state index in [-0.39, 0.29) is 5.91 Å². The van der Waals surface area contributed by atoms with E-state index in [2.05, 4.69) is 50.1 Å². The van der Waals surface area contributed by atoms with Crippen molar-refractivity contribution in [3.63, 3.8) is 0 Å². The number of pyridine rings is 1. The fraction of sp³-hybridized carbons (Fsp3) is 0.400. The molecule has 1 heterocycles. The number of carbonyl (C=O) groups excluding carboxylic acids is 1. The molecule has 23 heavy (non-hydrogen) atoms. The zero-order chi connectivity index (χ0) is 16.8. The summed E-state index contributed by atoms with van der Waals surface area (Å²) in [7, 11) is 0. The van der Waals surface area contributed by atoms with Gasteiger partial charge in [-0.25, -0.2) is 0 Å². The average Bonchev–Trinajstić information content (AvgIpc) is 2.55. The van der Waals surface area contributed by atoms with Gasteiger partial charge in [0.05, 0.1) is 6.42 Å². The average molecular weight is 310 g/mol. The molecule has 0 saturated heterocycles. The first-order chi connectivity index (χ1) is 11.0. The van der Waals surface area contributed by atoms with Gasteiger partial charge in [-0.15, -0.1) is 0 Å². The molecule has 0 radical (unpaired) electrons. The van der Waals surface area contributed by atoms with Crippen molar-refractivity contribution in [2.24, 2.45) is 0 Å². The Bertz CT molecular complexity index is 663. The topological polar surface area (TPSA) is 42.0 Å². The van der Waals surface area contributed by atoms with Crippen LogP contribution in [0.4, 0.5) is 5.69 Å². The first-order valence-corrected chi connectivity index (χ1v) is 8.40. The lowest BCUT2D eigenvalue weighted by Crippen LogP contribution is -2.18. The lowest BCUT2D eigenvalue weighted by molar-refractivity contribution is -0.115. The van der Waals surface area contributed by atoms with E-state index in [0.29, 0.717) is 12.3 Å². The summed E-state index contributed by atoms with van der Waals surface area (Å²) in [6.45, 7) is 8.64. The van der Waals surface area contributed by atoms with Gasteiger partial charge in [0, 0.05) is 17.6 Å². The molecule has 1 aromatic carbocycles. The second kappa shape index (κ2) is 7.91. The van der Waals surface area contributed by atoms with E-state index in [1.807, 2.05) is 18.2 Å². The van der Waals surface area contributed by atoms with Gasteiger partial charge in [-0.05, 0) is 47.6 Å². The molecule has 0 unspecified atom stereocenters. The van der Waals surface area contributed by atoms with Crippen molar-refractivity contribution in [2.75, 3.05) is 5.32 Å². The van der Waals surface area contributed by atoms with Crippen LogP contribution >= 0.6 is 0 Å². The van der Waals surface area contributed by atoms with Crippen LogP contribution in [0.3, 0.4) is 0 Å². The van der Waals surface area contributed by atoms with E-state index < -0.39 is 0 Å². The molecule has 0 spiro atoms. The Balaban J connectivity index is 2.28. The maximum Gasteiger partial charge on any atom is 0.230 e. The predicted octanol–water partition coefficient (Wildman–Crippen LogP) is 4.51. The molecule has 3 nitrogen and oxygen atoms in total. The van der Waals surface area contributed by atoms with Crippen LogP contribution in [0.2, 0.25) is 0 Å². The lowest BCUT2D eigenvalue weighted by atomic mass is 9.93. The minimum atomic E-state index is -0.00968. The third-order valence-electron chi connectivity index (χ3n) is 4.05. The van der Waals surface area contributed by atoms with E-state index >= 15 is 0 Å². The highest BCUT2D eigenvalue weighted by Crippen LogP contribution is 2.30. The van der Waals surface area contributed by atoms with Crippen LogP contribution in [-0.4, -0.2) is 10.9 Å². The predicted molar refractivity (Wildman–Crippen MR) is 95.9 cm³/mol. The van der Waals surface area contributed by atoms with Gasteiger partial charge in [-0.2, -0.15) is 0 Å². The third kappa shape index (κ3) is 4.41. The standard InChI is InChI=1S/C20H26N2O/c1-5-15-11-16(6-2)20(18(12-15)14(3)4)22-19(23)13-17-9-7-8-10-21-17/h7-12,14H,5-6,13H2,1-4H3,(H,22,23). The van der Waals surface area contributed by atoms with Crippen molar-refractivity contribution in [1.29, 1.82) is 0 Å². The lowest BCUT2D eigenvalue weighted by Gasteiger charge is -2.19. The Morgan fingerprint density at radius 2 is 1.96 bits per heavy atom. The molecule has 0 aliphatic heterocycles. The highest BCUT2D eigenvalue weighted by molar-refractivity contribution is 5.93. The summed E-state index contributed by atoms with van der Waals surface area (Å²) in [6.07, 6.45) is 3.94. The molecular formula is C20H26N2O. The van der Waals surface area contributed by atoms with E-state index in [1.54, 1.807) is 6.20 Å². The Labute approximate surface area is 139 Å². The highest BCUT2D eigenvalue weighted by atomic mass is 16.1. The van der Waals surface area contributed by atoms with Gasteiger partial charge < -0.3 is 5.32 Å². The Morgan fingerprint density at radius 1 is 1.17 bits per heavy atom. The van der Waals surface area contributed by atoms with E-state index in [4.69, 9.17) is 0 Å². The smallest absolute Gasteiger partial charge is 0.230 e. The van der Waals surface area contributed by atoms with Crippen LogP contribution in [0.1, 0.15) is 56.0 Å². The van der Waals surface area contributed by atoms with Crippen molar-refractivity contribution < 1.29 is 4.79 Å². The van der Waals surface area contributed by atoms with Gasteiger partial charge in [0.15, 0.2) is 0 Å². The number of carbonyl (C=O) groups is 1. The Morgan fingerprint density at radius 3 is 2.52 bits per heavy atom. The molecule has 0 saturated carbocycles. The molecule has 0 fully saturated rings. The summed E-state index contributed by atoms with van der Waals surface area (Å²) in [6, 6.07) is 10.1. The van der Waals surface area contributed by atoms with Crippen LogP contribution in [0.25, 0.3) is 0 Å². The molecule has 1 amide bonds. The van der Waals surface area contributed by atoms with Gasteiger partial charge in [-0.3, -0.25) is 9.78 Å². The van der Waals surface area contributed by atoms with Crippen LogP contribution in [-0.2, 0) is 24.1 Å². The number of hydrogen-bond donors (Lipinski definition) is 1. The zero-order valence-corrected chi connectivity index (χ0v) is 14.5. The van der Waals surface area contributed by atoms with Gasteiger partial charge >= 0.3 is 0 Å². The quantitative estimate of drug-likeness (QED) is 0.853. The third-order valence-corrected chi connectivity index (χ3v) is 4.05. The first-order valence-electron chi connectivity index (χ1n) is 8.40. The van der Waals surface area contributed by atoms with Gasteiger partial charge in [0.1, 0.15) is 0 Å². The zero-order valence-electron chi connectivity index (χ0n) is 14.5. The van der Waals surface area contributed by atoms with Crippen molar-refractivity contribution in [3.8, 4) is 0 Å². The highest BCUT2D eigenvalue weighted by Gasteiger charge is 2.15. The normalized spacial score (nSPS) is 10.8. The van der Waals surface area contributed by atoms with Crippen LogP contribution in [0, 0.1) is 0 Å². The monoisotopic (exact) mass is 310 g/mol. The van der Waals surface area contributed by atoms with Crippen molar-refractivity contribution in [2.45, 2.75) is 52.9 Å². The summed E-state index contributed by atoms with van der Waals surface area (Å²) < 4.78 is 0. The van der Waals surface area contributed by atoms with Crippen molar-refractivity contribution in [3.05, 3.63) is 58.9 Å². The van der Waals surface area contributed by atoms with Crippen LogP contribution in [0.15, 0.2) is 36.5 Å². The summed E-state index contributed by atoms with van der Waals surface area (Å²) in [4.78, 5) is 16.7. The minimum absolute atomic E-state index is 0.00968. The summed E-state index contributed by atoms with van der Waals surface area (Å²) in [5.74, 6) is 0.362. The molecule has 0 bridgehead atoms. The largest absolute Gasteiger partial charge is 0.325 e. The Hall–Kier alpha value is -2.16. The van der Waals surface area contributed by atoms with E-state index in [1.165, 1.54) is 16.7 Å². The first kappa shape index (κ1) is 17.2. The molecule has 1 aromatic heterocycles. The maximum atomic E-state index is 12.4. The van der Waals surface area contributed by atoms with Gasteiger partial charge in [0.25, 0.3) is 0 Å². The number of benzene rings is 1. The molecule has 3 heteroatoms. The summed E-state index contributed by atoms with van der Waals surface area (Å²) >= 11 is 0. The molecule has 0 atom stereocenters. The molecule has 0 aliphatic carbocycles. The number of aryl methyl sites for hydroxylation is 2. The maximum absolute atomic E-state index is 12.4. The van der Waals surface area contributed by atoms with E-state index in [9.17, 15) is 4.79 Å². The SMILES string of the molecule is CCc1cc(CC)c(NC(=O)Cc2ccccn2)c(C(C)C)c1.